The number of carbonyl (C=O) groups is 1. The Bertz CT molecular complexity index is 489. The number of aromatic amines is 1. The minimum absolute atomic E-state index is 0.164. The fourth-order valence-corrected chi connectivity index (χ4v) is 2.77. The highest BCUT2D eigenvalue weighted by Gasteiger charge is 2.21. The molecule has 0 saturated carbocycles. The maximum atomic E-state index is 12.3. The fourth-order valence-electron chi connectivity index (χ4n) is 2.27. The van der Waals surface area contributed by atoms with Crippen molar-refractivity contribution in [2.75, 3.05) is 38.1 Å². The standard InChI is InChI=1S/C13H18BrN3O2/c14-3-7-16-5-1-6-17(9-8-16)13(19)11-10-15-4-2-12(11)18/h2,4,10H,1,3,5-9H2,(H,15,18). The first-order valence-corrected chi connectivity index (χ1v) is 7.59. The zero-order chi connectivity index (χ0) is 13.7. The van der Waals surface area contributed by atoms with Crippen LogP contribution in [-0.4, -0.2) is 58.7 Å². The van der Waals surface area contributed by atoms with Crippen molar-refractivity contribution in [2.45, 2.75) is 6.42 Å². The molecular formula is C13H18BrN3O2. The number of rotatable bonds is 3. The zero-order valence-electron chi connectivity index (χ0n) is 10.8. The number of nitrogens with one attached hydrogen (secondary N) is 1. The van der Waals surface area contributed by atoms with Gasteiger partial charge in [0.25, 0.3) is 5.91 Å². The van der Waals surface area contributed by atoms with E-state index in [1.54, 1.807) is 11.1 Å². The second kappa shape index (κ2) is 6.86. The lowest BCUT2D eigenvalue weighted by molar-refractivity contribution is 0.0760. The molecule has 6 heteroatoms. The minimum atomic E-state index is -0.217. The third-order valence-corrected chi connectivity index (χ3v) is 3.69. The monoisotopic (exact) mass is 327 g/mol. The highest BCUT2D eigenvalue weighted by Crippen LogP contribution is 2.06. The number of alkyl halides is 1. The van der Waals surface area contributed by atoms with Gasteiger partial charge in [0.1, 0.15) is 5.56 Å². The predicted octanol–water partition coefficient (Wildman–Crippen LogP) is 0.918. The third kappa shape index (κ3) is 3.67. The number of halogens is 1. The molecule has 0 unspecified atom stereocenters. The number of H-pyrrole nitrogens is 1. The highest BCUT2D eigenvalue weighted by atomic mass is 79.9. The van der Waals surface area contributed by atoms with Crippen LogP contribution in [0.1, 0.15) is 16.8 Å². The van der Waals surface area contributed by atoms with Crippen LogP contribution in [0.5, 0.6) is 0 Å². The quantitative estimate of drug-likeness (QED) is 0.840. The molecular weight excluding hydrogens is 310 g/mol. The van der Waals surface area contributed by atoms with Gasteiger partial charge in [-0.3, -0.25) is 9.59 Å². The van der Waals surface area contributed by atoms with Crippen LogP contribution in [0, 0.1) is 0 Å². The van der Waals surface area contributed by atoms with Gasteiger partial charge in [0.2, 0.25) is 0 Å². The van der Waals surface area contributed by atoms with Crippen molar-refractivity contribution in [1.29, 1.82) is 0 Å². The summed E-state index contributed by atoms with van der Waals surface area (Å²) in [5.74, 6) is -0.164. The van der Waals surface area contributed by atoms with E-state index in [9.17, 15) is 9.59 Å². The van der Waals surface area contributed by atoms with Gasteiger partial charge < -0.3 is 14.8 Å². The molecule has 19 heavy (non-hydrogen) atoms. The van der Waals surface area contributed by atoms with E-state index in [0.29, 0.717) is 13.1 Å². The molecule has 0 aromatic carbocycles. The van der Waals surface area contributed by atoms with Gasteiger partial charge in [0, 0.05) is 50.0 Å². The largest absolute Gasteiger partial charge is 0.367 e. The lowest BCUT2D eigenvalue weighted by Crippen LogP contribution is -2.37. The zero-order valence-corrected chi connectivity index (χ0v) is 12.4. The summed E-state index contributed by atoms with van der Waals surface area (Å²) in [6.45, 7) is 4.25. The van der Waals surface area contributed by atoms with Crippen LogP contribution in [0.2, 0.25) is 0 Å². The Balaban J connectivity index is 2.04. The van der Waals surface area contributed by atoms with Gasteiger partial charge >= 0.3 is 0 Å². The lowest BCUT2D eigenvalue weighted by Gasteiger charge is -2.21. The Labute approximate surface area is 120 Å². The Morgan fingerprint density at radius 2 is 2.16 bits per heavy atom. The molecule has 1 aromatic heterocycles. The van der Waals surface area contributed by atoms with Crippen LogP contribution in [0.15, 0.2) is 23.3 Å². The van der Waals surface area contributed by atoms with Crippen LogP contribution in [0.3, 0.4) is 0 Å². The molecule has 1 aliphatic heterocycles. The fraction of sp³-hybridized carbons (Fsp3) is 0.538. The number of pyridine rings is 1. The molecule has 0 aliphatic carbocycles. The van der Waals surface area contributed by atoms with E-state index in [1.165, 1.54) is 12.3 Å². The molecule has 0 spiro atoms. The van der Waals surface area contributed by atoms with Gasteiger partial charge in [0.05, 0.1) is 0 Å². The summed E-state index contributed by atoms with van der Waals surface area (Å²) < 4.78 is 0. The number of hydrogen-bond acceptors (Lipinski definition) is 3. The smallest absolute Gasteiger partial charge is 0.259 e. The van der Waals surface area contributed by atoms with E-state index in [1.807, 2.05) is 0 Å². The first kappa shape index (κ1) is 14.3. The van der Waals surface area contributed by atoms with E-state index in [2.05, 4.69) is 25.8 Å². The van der Waals surface area contributed by atoms with Gasteiger partial charge in [-0.15, -0.1) is 0 Å². The van der Waals surface area contributed by atoms with Crippen molar-refractivity contribution < 1.29 is 4.79 Å². The molecule has 1 saturated heterocycles. The summed E-state index contributed by atoms with van der Waals surface area (Å²) in [4.78, 5) is 30.9. The van der Waals surface area contributed by atoms with E-state index in [-0.39, 0.29) is 16.9 Å². The van der Waals surface area contributed by atoms with Gasteiger partial charge in [0.15, 0.2) is 5.43 Å². The second-order valence-corrected chi connectivity index (χ2v) is 5.39. The minimum Gasteiger partial charge on any atom is -0.367 e. The molecule has 1 amide bonds. The van der Waals surface area contributed by atoms with Crippen LogP contribution < -0.4 is 5.43 Å². The van der Waals surface area contributed by atoms with Gasteiger partial charge in [-0.05, 0) is 13.0 Å². The second-order valence-electron chi connectivity index (χ2n) is 4.60. The lowest BCUT2D eigenvalue weighted by atomic mass is 10.2. The van der Waals surface area contributed by atoms with Gasteiger partial charge in [-0.25, -0.2) is 0 Å². The van der Waals surface area contributed by atoms with Crippen LogP contribution >= 0.6 is 15.9 Å². The van der Waals surface area contributed by atoms with Crippen molar-refractivity contribution in [3.8, 4) is 0 Å². The van der Waals surface area contributed by atoms with E-state index >= 15 is 0 Å². The van der Waals surface area contributed by atoms with Crippen molar-refractivity contribution in [3.63, 3.8) is 0 Å². The summed E-state index contributed by atoms with van der Waals surface area (Å²) in [5, 5.41) is 0.944. The highest BCUT2D eigenvalue weighted by molar-refractivity contribution is 9.09. The number of carbonyl (C=O) groups excluding carboxylic acids is 1. The molecule has 2 heterocycles. The molecule has 2 rings (SSSR count). The number of aromatic nitrogens is 1. The third-order valence-electron chi connectivity index (χ3n) is 3.33. The molecule has 0 atom stereocenters. The summed E-state index contributed by atoms with van der Waals surface area (Å²) in [7, 11) is 0. The molecule has 1 N–H and O–H groups in total. The van der Waals surface area contributed by atoms with Crippen LogP contribution in [0.25, 0.3) is 0 Å². The van der Waals surface area contributed by atoms with Gasteiger partial charge in [-0.2, -0.15) is 0 Å². The van der Waals surface area contributed by atoms with E-state index in [4.69, 9.17) is 0 Å². The average Bonchev–Trinajstić information content (AvgIpc) is 2.65. The molecule has 1 fully saturated rings. The Morgan fingerprint density at radius 1 is 1.32 bits per heavy atom. The summed E-state index contributed by atoms with van der Waals surface area (Å²) in [6, 6.07) is 1.39. The Hall–Kier alpha value is -1.14. The molecule has 0 bridgehead atoms. The van der Waals surface area contributed by atoms with Gasteiger partial charge in [-0.1, -0.05) is 15.9 Å². The number of amides is 1. The Morgan fingerprint density at radius 3 is 2.89 bits per heavy atom. The molecule has 5 nitrogen and oxygen atoms in total. The summed E-state index contributed by atoms with van der Waals surface area (Å²) >= 11 is 3.43. The summed E-state index contributed by atoms with van der Waals surface area (Å²) in [6.07, 6.45) is 3.98. The summed E-state index contributed by atoms with van der Waals surface area (Å²) in [5.41, 5.74) is 0.0155. The maximum absolute atomic E-state index is 12.3. The van der Waals surface area contributed by atoms with E-state index in [0.717, 1.165) is 31.4 Å². The molecule has 104 valence electrons. The molecule has 1 aromatic rings. The first-order chi connectivity index (χ1) is 9.22. The number of nitrogens with zero attached hydrogens (tertiary/aromatic N) is 2. The van der Waals surface area contributed by atoms with Crippen molar-refractivity contribution >= 4 is 21.8 Å². The molecule has 0 radical (unpaired) electrons. The average molecular weight is 328 g/mol. The van der Waals surface area contributed by atoms with Crippen molar-refractivity contribution in [1.82, 2.24) is 14.8 Å². The Kier molecular flexibility index (Phi) is 5.15. The van der Waals surface area contributed by atoms with Crippen LogP contribution in [-0.2, 0) is 0 Å². The number of hydrogen-bond donors (Lipinski definition) is 1. The van der Waals surface area contributed by atoms with E-state index < -0.39 is 0 Å². The maximum Gasteiger partial charge on any atom is 0.259 e. The van der Waals surface area contributed by atoms with Crippen molar-refractivity contribution in [3.05, 3.63) is 34.2 Å². The topological polar surface area (TPSA) is 56.4 Å². The normalized spacial score (nSPS) is 17.2. The SMILES string of the molecule is O=C(c1c[nH]ccc1=O)N1CCCN(CCBr)CC1. The van der Waals surface area contributed by atoms with Crippen molar-refractivity contribution in [2.24, 2.45) is 0 Å². The predicted molar refractivity (Wildman–Crippen MR) is 77.8 cm³/mol. The molecule has 1 aliphatic rings. The van der Waals surface area contributed by atoms with Crippen LogP contribution in [0.4, 0.5) is 0 Å². The first-order valence-electron chi connectivity index (χ1n) is 6.47.